The van der Waals surface area contributed by atoms with Crippen LogP contribution >= 0.6 is 0 Å². The van der Waals surface area contributed by atoms with Gasteiger partial charge in [-0.3, -0.25) is 9.78 Å². The van der Waals surface area contributed by atoms with Gasteiger partial charge in [0.15, 0.2) is 5.78 Å². The first-order chi connectivity index (χ1) is 39.0. The number of carbonyl (C=O) groups excluding carboxylic acids is 1. The molecule has 15 nitrogen and oxygen atoms in total. The van der Waals surface area contributed by atoms with E-state index < -0.39 is 9.84 Å². The molecule has 0 saturated heterocycles. The minimum atomic E-state index is -2.75. The van der Waals surface area contributed by atoms with E-state index in [4.69, 9.17) is 52.1 Å². The second kappa shape index (κ2) is 52.1. The summed E-state index contributed by atoms with van der Waals surface area (Å²) in [5.41, 5.74) is 3.44. The molecule has 1 aromatic heterocycles. The maximum Gasteiger partial charge on any atom is 0.155 e. The lowest BCUT2D eigenvalue weighted by Crippen LogP contribution is -2.22. The van der Waals surface area contributed by atoms with Crippen LogP contribution in [-0.4, -0.2) is 156 Å². The molecule has 0 unspecified atom stereocenters. The summed E-state index contributed by atoms with van der Waals surface area (Å²) in [6.07, 6.45) is 4.82. The molecule has 0 bridgehead atoms. The SMILES string of the molecule is CC(=O)COC(C)(C)C.CC(C)(C)CCCS(C)(=O)=O.CC(C)(C)OCc1ccccn1.CCOC(C)(C)C.CCOCCOC(C)(C)C.CCOCCOC(C)(C)C.COC(C)(C)C.COCCOC(C)(C)C.Cc1cccc(COC(C)(C)C)c1. The number of aryl methyl sites for hydroxylation is 1. The molecule has 0 saturated carbocycles. The van der Waals surface area contributed by atoms with Gasteiger partial charge in [0.05, 0.1) is 103 Å². The Kier molecular flexibility index (Phi) is 58.8. The van der Waals surface area contributed by atoms with Crippen LogP contribution in [0.3, 0.4) is 0 Å². The van der Waals surface area contributed by atoms with Crippen LogP contribution in [0.25, 0.3) is 0 Å². The van der Waals surface area contributed by atoms with Gasteiger partial charge in [-0.2, -0.15) is 0 Å². The monoisotopic (exact) mass is 1270 g/mol. The highest BCUT2D eigenvalue weighted by molar-refractivity contribution is 7.90. The highest BCUT2D eigenvalue weighted by Crippen LogP contribution is 2.21. The molecule has 2 aromatic rings. The maximum absolute atomic E-state index is 10.7. The lowest BCUT2D eigenvalue weighted by molar-refractivity contribution is -0.126. The highest BCUT2D eigenvalue weighted by atomic mass is 32.2. The number of aromatic nitrogens is 1. The molecule has 0 spiro atoms. The summed E-state index contributed by atoms with van der Waals surface area (Å²) >= 11 is 0. The van der Waals surface area contributed by atoms with E-state index in [0.29, 0.717) is 58.6 Å². The molecule has 2 rings (SSSR count). The van der Waals surface area contributed by atoms with Gasteiger partial charge < -0.3 is 52.1 Å². The number of hydrogen-bond donors (Lipinski definition) is 0. The summed E-state index contributed by atoms with van der Waals surface area (Å²) < 4.78 is 79.1. The Morgan fingerprint density at radius 2 is 0.862 bits per heavy atom. The van der Waals surface area contributed by atoms with Crippen LogP contribution in [0.5, 0.6) is 0 Å². The smallest absolute Gasteiger partial charge is 0.155 e. The third-order valence-corrected chi connectivity index (χ3v) is 10.3. The van der Waals surface area contributed by atoms with E-state index in [1.807, 2.05) is 164 Å². The van der Waals surface area contributed by atoms with E-state index in [2.05, 4.69) is 98.5 Å². The van der Waals surface area contributed by atoms with Crippen LogP contribution in [-0.2, 0) is 80.0 Å². The van der Waals surface area contributed by atoms with Gasteiger partial charge in [-0.1, -0.05) is 56.7 Å². The number of sulfone groups is 1. The molecule has 0 radical (unpaired) electrons. The van der Waals surface area contributed by atoms with E-state index >= 15 is 0 Å². The van der Waals surface area contributed by atoms with Gasteiger partial charge in [-0.15, -0.1) is 0 Å². The summed E-state index contributed by atoms with van der Waals surface area (Å²) in [6.45, 7) is 72.6. The summed E-state index contributed by atoms with van der Waals surface area (Å²) in [6, 6.07) is 14.3. The van der Waals surface area contributed by atoms with Crippen molar-refractivity contribution in [2.24, 2.45) is 5.41 Å². The molecule has 0 N–H and O–H groups in total. The third kappa shape index (κ3) is 118. The van der Waals surface area contributed by atoms with E-state index in [9.17, 15) is 13.2 Å². The molecule has 1 heterocycles. The van der Waals surface area contributed by atoms with Gasteiger partial charge in [0.1, 0.15) is 16.4 Å². The van der Waals surface area contributed by atoms with Crippen LogP contribution in [0.1, 0.15) is 244 Å². The number of pyridine rings is 1. The van der Waals surface area contributed by atoms with Crippen molar-refractivity contribution in [2.75, 3.05) is 92.3 Å². The van der Waals surface area contributed by atoms with Crippen molar-refractivity contribution in [3.8, 4) is 0 Å². The van der Waals surface area contributed by atoms with Gasteiger partial charge in [-0.25, -0.2) is 8.42 Å². The molecular formula is C71H143NO14S. The molecule has 0 aliphatic carbocycles. The minimum absolute atomic E-state index is 0.0292. The van der Waals surface area contributed by atoms with Crippen molar-refractivity contribution >= 4 is 15.6 Å². The predicted molar refractivity (Wildman–Crippen MR) is 369 cm³/mol. The number of carbonyl (C=O) groups is 1. The second-order valence-corrected chi connectivity index (χ2v) is 31.9. The highest BCUT2D eigenvalue weighted by Gasteiger charge is 2.15. The van der Waals surface area contributed by atoms with Gasteiger partial charge in [0.25, 0.3) is 0 Å². The molecule has 0 atom stereocenters. The van der Waals surface area contributed by atoms with E-state index in [0.717, 1.165) is 38.4 Å². The van der Waals surface area contributed by atoms with Crippen LogP contribution in [0.4, 0.5) is 0 Å². The fraction of sp³-hybridized carbons (Fsp3) is 0.831. The Hall–Kier alpha value is -2.45. The Bertz CT molecular complexity index is 1910. The van der Waals surface area contributed by atoms with Gasteiger partial charge in [-0.05, 0) is 237 Å². The molecule has 0 amide bonds. The Labute approximate surface area is 539 Å². The Balaban J connectivity index is -0.000000167. The number of Topliss-reactive ketones (excluding diaryl/α,β-unsaturated/α-hetero) is 1. The van der Waals surface area contributed by atoms with Gasteiger partial charge in [0, 0.05) is 52.2 Å². The fourth-order valence-electron chi connectivity index (χ4n) is 5.02. The number of ketones is 1. The molecule has 0 fully saturated rings. The Morgan fingerprint density at radius 1 is 0.471 bits per heavy atom. The average molecular weight is 1270 g/mol. The largest absolute Gasteiger partial charge is 0.382 e. The fourth-order valence-corrected chi connectivity index (χ4v) is 5.69. The zero-order valence-electron chi connectivity index (χ0n) is 63.3. The van der Waals surface area contributed by atoms with Crippen molar-refractivity contribution in [3.05, 3.63) is 65.5 Å². The zero-order chi connectivity index (χ0) is 70.1. The van der Waals surface area contributed by atoms with Crippen molar-refractivity contribution in [3.63, 3.8) is 0 Å². The topological polar surface area (TPSA) is 166 Å². The lowest BCUT2D eigenvalue weighted by atomic mass is 9.91. The number of rotatable bonds is 21. The number of hydrogen-bond acceptors (Lipinski definition) is 15. The predicted octanol–water partition coefficient (Wildman–Crippen LogP) is 17.3. The zero-order valence-corrected chi connectivity index (χ0v) is 64.1. The van der Waals surface area contributed by atoms with Gasteiger partial charge in [0.2, 0.25) is 0 Å². The van der Waals surface area contributed by atoms with Crippen molar-refractivity contribution in [1.29, 1.82) is 0 Å². The molecular weight excluding hydrogens is 1120 g/mol. The number of benzene rings is 1. The van der Waals surface area contributed by atoms with Crippen molar-refractivity contribution in [1.82, 2.24) is 4.98 Å². The van der Waals surface area contributed by atoms with E-state index in [-0.39, 0.29) is 62.6 Å². The second-order valence-electron chi connectivity index (χ2n) is 29.6. The Morgan fingerprint density at radius 3 is 1.13 bits per heavy atom. The van der Waals surface area contributed by atoms with Crippen molar-refractivity contribution < 1.29 is 65.3 Å². The summed E-state index contributed by atoms with van der Waals surface area (Å²) in [5.74, 6) is 0.398. The summed E-state index contributed by atoms with van der Waals surface area (Å²) in [7, 11) is 0.634. The molecule has 522 valence electrons. The van der Waals surface area contributed by atoms with Crippen molar-refractivity contribution in [2.45, 2.75) is 292 Å². The first kappa shape index (κ1) is 98.1. The summed E-state index contributed by atoms with van der Waals surface area (Å²) in [5, 5.41) is 0. The minimum Gasteiger partial charge on any atom is -0.382 e. The molecule has 0 aliphatic rings. The molecule has 16 heteroatoms. The first-order valence-electron chi connectivity index (χ1n) is 31.3. The average Bonchev–Trinajstić information content (AvgIpc) is 3.32. The first-order valence-corrected chi connectivity index (χ1v) is 33.3. The van der Waals surface area contributed by atoms with E-state index in [1.165, 1.54) is 24.3 Å². The summed E-state index contributed by atoms with van der Waals surface area (Å²) in [4.78, 5) is 14.5. The number of nitrogens with zero attached hydrogens (tertiary/aromatic N) is 1. The van der Waals surface area contributed by atoms with Crippen LogP contribution in [0.15, 0.2) is 48.7 Å². The standard InChI is InChI=1S/C12H18O.C10H15NO.C8H18O2S.2C8H18O2.C7H16O2.C7H14O2.C6H14O.C5H12O/c1-10-6-5-7-11(8-10)9-13-12(2,3)4;1-10(2,3)12-8-9-6-4-5-7-11-9;1-8(2,3)6-5-7-11(4,9)10;2*1-5-9-6-7-10-8(2,3)4;1-7(2,3)9-6-5-8-4;1-6(8)5-9-7(2,3)4;1-5-7-6(2,3)4;1-5(2,3)6-4/h5-8H,9H2,1-4H3;4-7H,8H2,1-3H3;5-7H2,1-4H3;2*5-7H2,1-4H3;5-6H2,1-4H3;5H2,1-4H3;5H2,1-4H3;1-4H3. The molecule has 0 aliphatic heterocycles. The third-order valence-electron chi connectivity index (χ3n) is 9.23. The number of methoxy groups -OCH3 is 2. The van der Waals surface area contributed by atoms with Crippen LogP contribution in [0, 0.1) is 12.3 Å². The lowest BCUT2D eigenvalue weighted by Gasteiger charge is -2.19. The molecule has 1 aromatic carbocycles. The maximum atomic E-state index is 10.7. The quantitative estimate of drug-likeness (QED) is 0.108. The van der Waals surface area contributed by atoms with Crippen LogP contribution < -0.4 is 0 Å². The molecule has 87 heavy (non-hydrogen) atoms. The van der Waals surface area contributed by atoms with Crippen LogP contribution in [0.2, 0.25) is 0 Å². The normalized spacial score (nSPS) is 12.0. The number of ether oxygens (including phenoxy) is 11. The van der Waals surface area contributed by atoms with E-state index in [1.54, 1.807) is 20.4 Å². The van der Waals surface area contributed by atoms with Gasteiger partial charge >= 0.3 is 0 Å².